The van der Waals surface area contributed by atoms with Crippen molar-refractivity contribution in [3.05, 3.63) is 95.6 Å². The lowest BCUT2D eigenvalue weighted by Gasteiger charge is -2.37. The predicted molar refractivity (Wildman–Crippen MR) is 149 cm³/mol. The highest BCUT2D eigenvalue weighted by Gasteiger charge is 2.38. The van der Waals surface area contributed by atoms with Crippen LogP contribution in [0.4, 0.5) is 0 Å². The van der Waals surface area contributed by atoms with Gasteiger partial charge in [0, 0.05) is 19.5 Å². The van der Waals surface area contributed by atoms with Crippen LogP contribution < -0.4 is 15.2 Å². The number of rotatable bonds is 16. The van der Waals surface area contributed by atoms with E-state index in [1.165, 1.54) is 0 Å². The fourth-order valence-corrected chi connectivity index (χ4v) is 4.62. The Balaban J connectivity index is 1.96. The van der Waals surface area contributed by atoms with Crippen LogP contribution in [0.3, 0.4) is 0 Å². The van der Waals surface area contributed by atoms with Crippen LogP contribution in [-0.4, -0.2) is 63.0 Å². The van der Waals surface area contributed by atoms with Crippen molar-refractivity contribution in [3.63, 3.8) is 0 Å². The van der Waals surface area contributed by atoms with Gasteiger partial charge in [-0.05, 0) is 60.3 Å². The summed E-state index contributed by atoms with van der Waals surface area (Å²) >= 11 is 0. The molecule has 0 aliphatic carbocycles. The van der Waals surface area contributed by atoms with E-state index >= 15 is 0 Å². The van der Waals surface area contributed by atoms with Crippen molar-refractivity contribution in [2.24, 2.45) is 5.73 Å². The molecule has 7 heteroatoms. The van der Waals surface area contributed by atoms with E-state index in [4.69, 9.17) is 19.9 Å². The molecule has 0 radical (unpaired) electrons. The van der Waals surface area contributed by atoms with Gasteiger partial charge in [0.2, 0.25) is 5.91 Å². The first-order chi connectivity index (χ1) is 18.6. The van der Waals surface area contributed by atoms with Crippen LogP contribution in [0.25, 0.3) is 0 Å². The Bertz CT molecular complexity index is 1040. The molecule has 0 saturated carbocycles. The molecule has 204 valence electrons. The van der Waals surface area contributed by atoms with Crippen LogP contribution in [0.1, 0.15) is 42.4 Å². The number of aliphatic hydroxyl groups is 1. The van der Waals surface area contributed by atoms with Crippen molar-refractivity contribution < 1.29 is 24.1 Å². The van der Waals surface area contributed by atoms with Gasteiger partial charge < -0.3 is 30.0 Å². The molecule has 0 spiro atoms. The molecule has 7 nitrogen and oxygen atoms in total. The van der Waals surface area contributed by atoms with E-state index in [-0.39, 0.29) is 25.7 Å². The lowest BCUT2D eigenvalue weighted by atomic mass is 9.80. The highest BCUT2D eigenvalue weighted by atomic mass is 16.5. The van der Waals surface area contributed by atoms with E-state index < -0.39 is 5.60 Å². The van der Waals surface area contributed by atoms with Gasteiger partial charge in [0.15, 0.2) is 0 Å². The summed E-state index contributed by atoms with van der Waals surface area (Å²) in [5.41, 5.74) is 7.44. The second-order valence-electron chi connectivity index (χ2n) is 9.06. The average Bonchev–Trinajstić information content (AvgIpc) is 2.97. The molecule has 0 heterocycles. The SMILES string of the molecule is COc1ccc(C(OCCN(CCO)C(=O)CCCCCN)(c2ccccc2)c2ccc(OC)cc2)cc1. The molecule has 3 rings (SSSR count). The number of nitrogens with two attached hydrogens (primary N) is 1. The smallest absolute Gasteiger partial charge is 0.222 e. The number of amides is 1. The standard InChI is InChI=1S/C31H40N2O5/c1-36-28-16-12-26(13-17-28)31(25-9-5-3-6-10-25,27-14-18-29(37-2)19-15-27)38-24-22-33(21-23-34)30(35)11-7-4-8-20-32/h3,5-6,9-10,12-19,34H,4,7-8,11,20-24,32H2,1-2H3. The number of carbonyl (C=O) groups excluding carboxylic acids is 1. The van der Waals surface area contributed by atoms with Crippen LogP contribution in [0.15, 0.2) is 78.9 Å². The number of benzene rings is 3. The van der Waals surface area contributed by atoms with Crippen molar-refractivity contribution >= 4 is 5.91 Å². The molecule has 0 bridgehead atoms. The quantitative estimate of drug-likeness (QED) is 0.215. The second kappa shape index (κ2) is 15.1. The number of hydrogen-bond donors (Lipinski definition) is 2. The molecule has 0 aliphatic heterocycles. The molecule has 1 amide bonds. The average molecular weight is 521 g/mol. The number of nitrogens with zero attached hydrogens (tertiary/aromatic N) is 1. The van der Waals surface area contributed by atoms with Gasteiger partial charge in [-0.1, -0.05) is 61.0 Å². The molecule has 0 saturated heterocycles. The van der Waals surface area contributed by atoms with E-state index in [1.807, 2.05) is 78.9 Å². The summed E-state index contributed by atoms with van der Waals surface area (Å²) in [4.78, 5) is 14.6. The summed E-state index contributed by atoms with van der Waals surface area (Å²) in [5, 5.41) is 9.61. The Kier molecular flexibility index (Phi) is 11.6. The molecule has 3 aromatic carbocycles. The lowest BCUT2D eigenvalue weighted by Crippen LogP contribution is -2.39. The van der Waals surface area contributed by atoms with E-state index in [9.17, 15) is 9.90 Å². The number of aliphatic hydroxyl groups excluding tert-OH is 1. The molecule has 0 fully saturated rings. The first-order valence-corrected chi connectivity index (χ1v) is 13.2. The van der Waals surface area contributed by atoms with Gasteiger partial charge in [-0.3, -0.25) is 4.79 Å². The molecule has 0 aliphatic rings. The van der Waals surface area contributed by atoms with Crippen molar-refractivity contribution in [1.82, 2.24) is 4.90 Å². The predicted octanol–water partition coefficient (Wildman–Crippen LogP) is 4.35. The van der Waals surface area contributed by atoms with E-state index in [1.54, 1.807) is 19.1 Å². The molecule has 0 unspecified atom stereocenters. The monoisotopic (exact) mass is 520 g/mol. The topological polar surface area (TPSA) is 94.3 Å². The molecule has 0 atom stereocenters. The number of unbranched alkanes of at least 4 members (excludes halogenated alkanes) is 2. The van der Waals surface area contributed by atoms with Crippen LogP contribution in [-0.2, 0) is 15.1 Å². The van der Waals surface area contributed by atoms with Crippen molar-refractivity contribution in [2.75, 3.05) is 47.1 Å². The Morgan fingerprint density at radius 1 is 0.789 bits per heavy atom. The Labute approximate surface area is 226 Å². The first kappa shape index (κ1) is 29.2. The van der Waals surface area contributed by atoms with Gasteiger partial charge in [0.05, 0.1) is 27.4 Å². The molecule has 0 aromatic heterocycles. The minimum Gasteiger partial charge on any atom is -0.497 e. The molecule has 38 heavy (non-hydrogen) atoms. The Morgan fingerprint density at radius 3 is 1.84 bits per heavy atom. The first-order valence-electron chi connectivity index (χ1n) is 13.2. The molecular weight excluding hydrogens is 480 g/mol. The fourth-order valence-electron chi connectivity index (χ4n) is 4.62. The maximum atomic E-state index is 12.9. The van der Waals surface area contributed by atoms with Gasteiger partial charge in [-0.25, -0.2) is 0 Å². The number of hydrogen-bond acceptors (Lipinski definition) is 6. The van der Waals surface area contributed by atoms with Gasteiger partial charge in [0.25, 0.3) is 0 Å². The lowest BCUT2D eigenvalue weighted by molar-refractivity contribution is -0.133. The van der Waals surface area contributed by atoms with Gasteiger partial charge in [-0.2, -0.15) is 0 Å². The van der Waals surface area contributed by atoms with E-state index in [2.05, 4.69) is 0 Å². The maximum absolute atomic E-state index is 12.9. The third-order valence-corrected chi connectivity index (χ3v) is 6.67. The zero-order valence-corrected chi connectivity index (χ0v) is 22.5. The minimum atomic E-state index is -0.950. The van der Waals surface area contributed by atoms with Crippen LogP contribution in [0, 0.1) is 0 Å². The third kappa shape index (κ3) is 7.34. The van der Waals surface area contributed by atoms with Crippen LogP contribution >= 0.6 is 0 Å². The third-order valence-electron chi connectivity index (χ3n) is 6.67. The molecular formula is C31H40N2O5. The number of ether oxygens (including phenoxy) is 3. The van der Waals surface area contributed by atoms with E-state index in [0.717, 1.165) is 47.5 Å². The summed E-state index contributed by atoms with van der Waals surface area (Å²) in [6.45, 7) is 1.41. The van der Waals surface area contributed by atoms with Gasteiger partial charge in [-0.15, -0.1) is 0 Å². The normalized spacial score (nSPS) is 11.3. The fraction of sp³-hybridized carbons (Fsp3) is 0.387. The zero-order valence-electron chi connectivity index (χ0n) is 22.5. The summed E-state index contributed by atoms with van der Waals surface area (Å²) in [6.07, 6.45) is 3.03. The maximum Gasteiger partial charge on any atom is 0.222 e. The summed E-state index contributed by atoms with van der Waals surface area (Å²) in [6, 6.07) is 25.7. The molecule has 3 N–H and O–H groups in total. The highest BCUT2D eigenvalue weighted by Crippen LogP contribution is 2.41. The Morgan fingerprint density at radius 2 is 1.34 bits per heavy atom. The van der Waals surface area contributed by atoms with Crippen LogP contribution in [0.5, 0.6) is 11.5 Å². The summed E-state index contributed by atoms with van der Waals surface area (Å²) in [7, 11) is 3.28. The van der Waals surface area contributed by atoms with Crippen molar-refractivity contribution in [2.45, 2.75) is 31.3 Å². The largest absolute Gasteiger partial charge is 0.497 e. The summed E-state index contributed by atoms with van der Waals surface area (Å²) in [5.74, 6) is 1.51. The van der Waals surface area contributed by atoms with Crippen molar-refractivity contribution in [3.8, 4) is 11.5 Å². The number of methoxy groups -OCH3 is 2. The van der Waals surface area contributed by atoms with Gasteiger partial charge in [0.1, 0.15) is 17.1 Å². The minimum absolute atomic E-state index is 0.0128. The number of carbonyl (C=O) groups is 1. The van der Waals surface area contributed by atoms with Gasteiger partial charge >= 0.3 is 0 Å². The molecule has 3 aromatic rings. The zero-order chi connectivity index (χ0) is 27.2. The van der Waals surface area contributed by atoms with E-state index in [0.29, 0.717) is 19.5 Å². The van der Waals surface area contributed by atoms with Crippen molar-refractivity contribution in [1.29, 1.82) is 0 Å². The summed E-state index contributed by atoms with van der Waals surface area (Å²) < 4.78 is 17.6. The Hall–Kier alpha value is -3.39. The highest BCUT2D eigenvalue weighted by molar-refractivity contribution is 5.76. The van der Waals surface area contributed by atoms with Crippen LogP contribution in [0.2, 0.25) is 0 Å². The second-order valence-corrected chi connectivity index (χ2v) is 9.06.